The van der Waals surface area contributed by atoms with Crippen LogP contribution in [0.2, 0.25) is 0 Å². The predicted octanol–water partition coefficient (Wildman–Crippen LogP) is 2.98. The fraction of sp³-hybridized carbons (Fsp3) is 0.214. The minimum atomic E-state index is -1.18. The number of nitrogens with zero attached hydrogens (tertiary/aromatic N) is 1. The molecule has 1 aromatic carbocycles. The number of benzene rings is 1. The molecule has 1 aromatic rings. The minimum Gasteiger partial charge on any atom is -0.478 e. The Labute approximate surface area is 115 Å². The molecule has 0 bridgehead atoms. The summed E-state index contributed by atoms with van der Waals surface area (Å²) in [7, 11) is 0. The van der Waals surface area contributed by atoms with Gasteiger partial charge in [-0.2, -0.15) is 0 Å². The largest absolute Gasteiger partial charge is 0.478 e. The molecule has 6 heteroatoms. The van der Waals surface area contributed by atoms with E-state index >= 15 is 0 Å². The van der Waals surface area contributed by atoms with Crippen LogP contribution >= 0.6 is 0 Å². The first-order chi connectivity index (χ1) is 9.58. The lowest BCUT2D eigenvalue weighted by Crippen LogP contribution is -2.08. The van der Waals surface area contributed by atoms with Gasteiger partial charge in [0.2, 0.25) is 0 Å². The molecule has 0 aromatic heterocycles. The number of hydrogen-bond acceptors (Lipinski definition) is 4. The van der Waals surface area contributed by atoms with E-state index in [1.807, 2.05) is 6.08 Å². The molecular formula is C14H14N2O4. The molecule has 0 atom stereocenters. The van der Waals surface area contributed by atoms with E-state index in [0.29, 0.717) is 12.2 Å². The molecule has 0 saturated carbocycles. The van der Waals surface area contributed by atoms with Crippen molar-refractivity contribution in [2.75, 3.05) is 11.9 Å². The first kappa shape index (κ1) is 13.8. The third-order valence-electron chi connectivity index (χ3n) is 3.00. The molecule has 0 fully saturated rings. The number of hydrogen-bond donors (Lipinski definition) is 2. The average molecular weight is 274 g/mol. The summed E-state index contributed by atoms with van der Waals surface area (Å²) in [6.45, 7) is 0.476. The van der Waals surface area contributed by atoms with Gasteiger partial charge in [0.15, 0.2) is 0 Å². The number of carbonyl (C=O) groups is 1. The van der Waals surface area contributed by atoms with Crippen molar-refractivity contribution in [1.82, 2.24) is 0 Å². The van der Waals surface area contributed by atoms with Crippen LogP contribution in [-0.2, 0) is 0 Å². The number of nitro benzene ring substituents is 1. The van der Waals surface area contributed by atoms with Crippen LogP contribution in [0.1, 0.15) is 23.2 Å². The first-order valence-electron chi connectivity index (χ1n) is 6.19. The Morgan fingerprint density at radius 3 is 2.80 bits per heavy atom. The van der Waals surface area contributed by atoms with Crippen molar-refractivity contribution in [3.05, 3.63) is 57.7 Å². The van der Waals surface area contributed by atoms with E-state index < -0.39 is 10.9 Å². The maximum Gasteiger partial charge on any atom is 0.335 e. The average Bonchev–Trinajstić information content (AvgIpc) is 2.45. The topological polar surface area (TPSA) is 92.5 Å². The summed E-state index contributed by atoms with van der Waals surface area (Å²) < 4.78 is 0. The van der Waals surface area contributed by atoms with Crippen LogP contribution in [0.4, 0.5) is 11.4 Å². The third-order valence-corrected chi connectivity index (χ3v) is 3.00. The summed E-state index contributed by atoms with van der Waals surface area (Å²) in [5.74, 6) is -1.18. The number of aromatic carboxylic acids is 1. The van der Waals surface area contributed by atoms with E-state index in [2.05, 4.69) is 17.5 Å². The molecule has 0 aliphatic heterocycles. The summed E-state index contributed by atoms with van der Waals surface area (Å²) in [4.78, 5) is 21.2. The van der Waals surface area contributed by atoms with Crippen LogP contribution in [0.3, 0.4) is 0 Å². The van der Waals surface area contributed by atoms with Crippen molar-refractivity contribution >= 4 is 17.3 Å². The molecule has 0 spiro atoms. The van der Waals surface area contributed by atoms with Crippen molar-refractivity contribution < 1.29 is 14.8 Å². The fourth-order valence-electron chi connectivity index (χ4n) is 1.96. The van der Waals surface area contributed by atoms with Crippen molar-refractivity contribution in [1.29, 1.82) is 0 Å². The zero-order chi connectivity index (χ0) is 14.5. The van der Waals surface area contributed by atoms with E-state index in [1.165, 1.54) is 12.1 Å². The van der Waals surface area contributed by atoms with Crippen LogP contribution in [0.5, 0.6) is 0 Å². The molecule has 0 amide bonds. The molecule has 6 nitrogen and oxygen atoms in total. The van der Waals surface area contributed by atoms with Gasteiger partial charge in [-0.25, -0.2) is 4.79 Å². The van der Waals surface area contributed by atoms with E-state index in [-0.39, 0.29) is 11.3 Å². The predicted molar refractivity (Wildman–Crippen MR) is 75.0 cm³/mol. The number of rotatable bonds is 5. The fourth-order valence-corrected chi connectivity index (χ4v) is 1.96. The molecule has 0 saturated heterocycles. The molecule has 0 radical (unpaired) electrons. The highest BCUT2D eigenvalue weighted by Gasteiger charge is 2.17. The minimum absolute atomic E-state index is 0.0981. The van der Waals surface area contributed by atoms with E-state index in [9.17, 15) is 14.9 Å². The third kappa shape index (κ3) is 3.23. The number of carboxylic acids is 1. The van der Waals surface area contributed by atoms with Gasteiger partial charge in [-0.15, -0.1) is 0 Å². The van der Waals surface area contributed by atoms with Gasteiger partial charge in [0.25, 0.3) is 5.69 Å². The Hall–Kier alpha value is -2.63. The Bertz CT molecular complexity index is 605. The molecular weight excluding hydrogens is 260 g/mol. The second-order valence-corrected chi connectivity index (χ2v) is 4.41. The molecule has 2 N–H and O–H groups in total. The molecule has 20 heavy (non-hydrogen) atoms. The monoisotopic (exact) mass is 274 g/mol. The summed E-state index contributed by atoms with van der Waals surface area (Å²) in [5.41, 5.74) is 1.05. The molecule has 2 rings (SSSR count). The summed E-state index contributed by atoms with van der Waals surface area (Å²) in [6.07, 6.45) is 8.09. The maximum atomic E-state index is 11.0. The number of allylic oxidation sites excluding steroid dienone is 2. The zero-order valence-electron chi connectivity index (χ0n) is 10.7. The Balaban J connectivity index is 2.18. The van der Waals surface area contributed by atoms with Crippen molar-refractivity contribution in [2.45, 2.75) is 12.8 Å². The van der Waals surface area contributed by atoms with Crippen LogP contribution in [0, 0.1) is 10.1 Å². The summed E-state index contributed by atoms with van der Waals surface area (Å²) >= 11 is 0. The van der Waals surface area contributed by atoms with Gasteiger partial charge in [0, 0.05) is 12.6 Å². The van der Waals surface area contributed by atoms with Gasteiger partial charge in [-0.3, -0.25) is 10.1 Å². The SMILES string of the molecule is O=C(O)c1ccc(NCC2=CCCC=C2)c([N+](=O)[O-])c1. The van der Waals surface area contributed by atoms with Crippen LogP contribution < -0.4 is 5.32 Å². The number of nitrogens with one attached hydrogen (secondary N) is 1. The van der Waals surface area contributed by atoms with Gasteiger partial charge in [-0.05, 0) is 30.5 Å². The first-order valence-corrected chi connectivity index (χ1v) is 6.19. The van der Waals surface area contributed by atoms with Crippen molar-refractivity contribution in [2.24, 2.45) is 0 Å². The standard InChI is InChI=1S/C14H14N2O4/c17-14(18)11-6-7-12(13(8-11)16(19)20)15-9-10-4-2-1-3-5-10/h2,4-8,15H,1,3,9H2,(H,17,18). The number of nitro groups is 1. The van der Waals surface area contributed by atoms with Crippen LogP contribution in [0.25, 0.3) is 0 Å². The van der Waals surface area contributed by atoms with Crippen LogP contribution in [-0.4, -0.2) is 22.5 Å². The smallest absolute Gasteiger partial charge is 0.335 e. The van der Waals surface area contributed by atoms with Gasteiger partial charge in [-0.1, -0.05) is 18.2 Å². The highest BCUT2D eigenvalue weighted by Crippen LogP contribution is 2.26. The van der Waals surface area contributed by atoms with Gasteiger partial charge in [0.1, 0.15) is 5.69 Å². The molecule has 0 heterocycles. The van der Waals surface area contributed by atoms with Gasteiger partial charge >= 0.3 is 5.97 Å². The Morgan fingerprint density at radius 1 is 1.40 bits per heavy atom. The quantitative estimate of drug-likeness (QED) is 0.636. The lowest BCUT2D eigenvalue weighted by Gasteiger charge is -2.10. The van der Waals surface area contributed by atoms with Gasteiger partial charge < -0.3 is 10.4 Å². The highest BCUT2D eigenvalue weighted by atomic mass is 16.6. The normalized spacial score (nSPS) is 13.7. The van der Waals surface area contributed by atoms with E-state index in [0.717, 1.165) is 24.5 Å². The lowest BCUT2D eigenvalue weighted by molar-refractivity contribution is -0.384. The maximum absolute atomic E-state index is 11.0. The van der Waals surface area contributed by atoms with Crippen LogP contribution in [0.15, 0.2) is 42.0 Å². The number of carboxylic acid groups (broad SMARTS) is 1. The molecule has 1 aliphatic carbocycles. The van der Waals surface area contributed by atoms with Crippen molar-refractivity contribution in [3.8, 4) is 0 Å². The molecule has 1 aliphatic rings. The van der Waals surface area contributed by atoms with E-state index in [4.69, 9.17) is 5.11 Å². The zero-order valence-corrected chi connectivity index (χ0v) is 10.7. The summed E-state index contributed by atoms with van der Waals surface area (Å²) in [6, 6.07) is 3.84. The van der Waals surface area contributed by atoms with E-state index in [1.54, 1.807) is 0 Å². The number of anilines is 1. The second-order valence-electron chi connectivity index (χ2n) is 4.41. The Morgan fingerprint density at radius 2 is 2.20 bits per heavy atom. The highest BCUT2D eigenvalue weighted by molar-refractivity contribution is 5.89. The summed E-state index contributed by atoms with van der Waals surface area (Å²) in [5, 5.41) is 22.8. The molecule has 104 valence electrons. The Kier molecular flexibility index (Phi) is 4.14. The van der Waals surface area contributed by atoms with Gasteiger partial charge in [0.05, 0.1) is 10.5 Å². The van der Waals surface area contributed by atoms with Crippen molar-refractivity contribution in [3.63, 3.8) is 0 Å². The molecule has 0 unspecified atom stereocenters. The lowest BCUT2D eigenvalue weighted by atomic mass is 10.1. The second kappa shape index (κ2) is 6.01.